The standard InChI is InChI=1S/C11H14FNO4S2/c1-9-8-18(14,15)7-6-13(9)19(16,17)11-5-3-2-4-10(11)12/h2-5,9H,6-8H2,1H3. The van der Waals surface area contributed by atoms with Crippen molar-refractivity contribution in [1.82, 2.24) is 4.31 Å². The first kappa shape index (κ1) is 14.4. The summed E-state index contributed by atoms with van der Waals surface area (Å²) < 4.78 is 62.2. The van der Waals surface area contributed by atoms with Crippen LogP contribution in [0.1, 0.15) is 6.92 Å². The van der Waals surface area contributed by atoms with Crippen LogP contribution in [0.5, 0.6) is 0 Å². The van der Waals surface area contributed by atoms with E-state index in [1.807, 2.05) is 0 Å². The molecular formula is C11H14FNO4S2. The van der Waals surface area contributed by atoms with E-state index in [2.05, 4.69) is 0 Å². The van der Waals surface area contributed by atoms with E-state index in [1.54, 1.807) is 0 Å². The number of sulfone groups is 1. The Kier molecular flexibility index (Phi) is 3.67. The van der Waals surface area contributed by atoms with Crippen LogP contribution in [0.4, 0.5) is 4.39 Å². The summed E-state index contributed by atoms with van der Waals surface area (Å²) in [7, 11) is -7.22. The molecule has 1 aromatic rings. The highest BCUT2D eigenvalue weighted by molar-refractivity contribution is 7.92. The van der Waals surface area contributed by atoms with Crippen LogP contribution in [0.25, 0.3) is 0 Å². The Balaban J connectivity index is 2.39. The minimum absolute atomic E-state index is 0.139. The molecule has 0 bridgehead atoms. The zero-order valence-corrected chi connectivity index (χ0v) is 11.9. The van der Waals surface area contributed by atoms with Gasteiger partial charge in [-0.05, 0) is 19.1 Å². The molecule has 1 unspecified atom stereocenters. The van der Waals surface area contributed by atoms with Gasteiger partial charge in [0.2, 0.25) is 10.0 Å². The lowest BCUT2D eigenvalue weighted by molar-refractivity contribution is 0.355. The van der Waals surface area contributed by atoms with Gasteiger partial charge in [0.1, 0.15) is 10.7 Å². The molecule has 2 rings (SSSR count). The quantitative estimate of drug-likeness (QED) is 0.803. The van der Waals surface area contributed by atoms with Crippen molar-refractivity contribution >= 4 is 19.9 Å². The molecule has 1 aliphatic heterocycles. The smallest absolute Gasteiger partial charge is 0.229 e. The second kappa shape index (κ2) is 4.84. The first-order chi connectivity index (χ1) is 8.74. The summed E-state index contributed by atoms with van der Waals surface area (Å²) in [6, 6.07) is 4.39. The van der Waals surface area contributed by atoms with E-state index in [0.717, 1.165) is 10.4 Å². The second-order valence-corrected chi connectivity index (χ2v) is 8.60. The van der Waals surface area contributed by atoms with Gasteiger partial charge in [0.05, 0.1) is 11.5 Å². The van der Waals surface area contributed by atoms with Crippen LogP contribution in [0.3, 0.4) is 0 Å². The molecule has 1 saturated heterocycles. The molecule has 0 spiro atoms. The van der Waals surface area contributed by atoms with E-state index in [9.17, 15) is 21.2 Å². The van der Waals surface area contributed by atoms with Crippen molar-refractivity contribution in [2.24, 2.45) is 0 Å². The minimum Gasteiger partial charge on any atom is -0.229 e. The highest BCUT2D eigenvalue weighted by Gasteiger charge is 2.37. The Morgan fingerprint density at radius 2 is 1.95 bits per heavy atom. The van der Waals surface area contributed by atoms with Crippen LogP contribution in [-0.4, -0.2) is 45.2 Å². The Bertz CT molecular complexity index is 684. The highest BCUT2D eigenvalue weighted by Crippen LogP contribution is 2.23. The molecule has 106 valence electrons. The maximum absolute atomic E-state index is 13.6. The number of rotatable bonds is 2. The first-order valence-electron chi connectivity index (χ1n) is 5.71. The molecule has 1 atom stereocenters. The van der Waals surface area contributed by atoms with Crippen LogP contribution < -0.4 is 0 Å². The third-order valence-corrected chi connectivity index (χ3v) is 6.87. The van der Waals surface area contributed by atoms with Crippen LogP contribution in [0, 0.1) is 5.82 Å². The second-order valence-electron chi connectivity index (χ2n) is 4.51. The molecule has 0 aromatic heterocycles. The van der Waals surface area contributed by atoms with Crippen LogP contribution in [0.15, 0.2) is 29.2 Å². The maximum Gasteiger partial charge on any atom is 0.246 e. The molecule has 1 aliphatic rings. The summed E-state index contributed by atoms with van der Waals surface area (Å²) in [5.74, 6) is -1.30. The molecule has 0 aliphatic carbocycles. The molecule has 5 nitrogen and oxygen atoms in total. The maximum atomic E-state index is 13.6. The van der Waals surface area contributed by atoms with E-state index in [0.29, 0.717) is 0 Å². The molecule has 8 heteroatoms. The third-order valence-electron chi connectivity index (χ3n) is 3.03. The number of benzene rings is 1. The zero-order valence-electron chi connectivity index (χ0n) is 10.3. The molecule has 0 saturated carbocycles. The van der Waals surface area contributed by atoms with Gasteiger partial charge in [-0.2, -0.15) is 4.31 Å². The summed E-state index contributed by atoms with van der Waals surface area (Å²) in [6.45, 7) is 1.37. The SMILES string of the molecule is CC1CS(=O)(=O)CCN1S(=O)(=O)c1ccccc1F. The van der Waals surface area contributed by atoms with Crippen molar-refractivity contribution in [2.45, 2.75) is 17.9 Å². The number of nitrogens with zero attached hydrogens (tertiary/aromatic N) is 1. The van der Waals surface area contributed by atoms with Crippen LogP contribution in [0.2, 0.25) is 0 Å². The van der Waals surface area contributed by atoms with Crippen molar-refractivity contribution in [1.29, 1.82) is 0 Å². The topological polar surface area (TPSA) is 71.5 Å². The van der Waals surface area contributed by atoms with Gasteiger partial charge in [0.25, 0.3) is 0 Å². The van der Waals surface area contributed by atoms with Crippen molar-refractivity contribution in [3.8, 4) is 0 Å². The Morgan fingerprint density at radius 1 is 1.32 bits per heavy atom. The summed E-state index contributed by atoms with van der Waals surface area (Å²) in [5.41, 5.74) is 0. The van der Waals surface area contributed by atoms with Gasteiger partial charge in [-0.3, -0.25) is 0 Å². The minimum atomic E-state index is -4.00. The van der Waals surface area contributed by atoms with Crippen molar-refractivity contribution < 1.29 is 21.2 Å². The van der Waals surface area contributed by atoms with Gasteiger partial charge in [-0.25, -0.2) is 21.2 Å². The first-order valence-corrected chi connectivity index (χ1v) is 8.97. The lowest BCUT2D eigenvalue weighted by Gasteiger charge is -2.32. The van der Waals surface area contributed by atoms with E-state index >= 15 is 0 Å². The van der Waals surface area contributed by atoms with E-state index in [-0.39, 0.29) is 18.1 Å². The molecule has 1 fully saturated rings. The zero-order chi connectivity index (χ0) is 14.3. The number of sulfonamides is 1. The Labute approximate surface area is 112 Å². The number of hydrogen-bond acceptors (Lipinski definition) is 4. The normalized spacial score (nSPS) is 24.2. The summed E-state index contributed by atoms with van der Waals surface area (Å²) in [5, 5.41) is 0. The summed E-state index contributed by atoms with van der Waals surface area (Å²) in [6.07, 6.45) is 0. The Hall–Kier alpha value is -0.990. The van der Waals surface area contributed by atoms with Crippen molar-refractivity contribution in [2.75, 3.05) is 18.1 Å². The molecule has 0 amide bonds. The van der Waals surface area contributed by atoms with Gasteiger partial charge in [0, 0.05) is 12.6 Å². The van der Waals surface area contributed by atoms with Crippen molar-refractivity contribution in [3.05, 3.63) is 30.1 Å². The molecule has 1 aromatic carbocycles. The lowest BCUT2D eigenvalue weighted by atomic mass is 10.3. The predicted molar refractivity (Wildman–Crippen MR) is 68.4 cm³/mol. The lowest BCUT2D eigenvalue weighted by Crippen LogP contribution is -2.49. The predicted octanol–water partition coefficient (Wildman–Crippen LogP) is 0.633. The molecule has 1 heterocycles. The van der Waals surface area contributed by atoms with Gasteiger partial charge in [0.15, 0.2) is 9.84 Å². The molecule has 19 heavy (non-hydrogen) atoms. The molecular weight excluding hydrogens is 293 g/mol. The number of hydrogen-bond donors (Lipinski definition) is 0. The number of halogens is 1. The van der Waals surface area contributed by atoms with Gasteiger partial charge >= 0.3 is 0 Å². The summed E-state index contributed by atoms with van der Waals surface area (Å²) >= 11 is 0. The fourth-order valence-corrected chi connectivity index (χ4v) is 5.58. The van der Waals surface area contributed by atoms with E-state index in [1.165, 1.54) is 25.1 Å². The average Bonchev–Trinajstić information content (AvgIpc) is 2.27. The highest BCUT2D eigenvalue weighted by atomic mass is 32.2. The van der Waals surface area contributed by atoms with Crippen LogP contribution >= 0.6 is 0 Å². The van der Waals surface area contributed by atoms with E-state index < -0.39 is 36.6 Å². The molecule has 0 N–H and O–H groups in total. The average molecular weight is 307 g/mol. The van der Waals surface area contributed by atoms with Crippen LogP contribution in [-0.2, 0) is 19.9 Å². The van der Waals surface area contributed by atoms with E-state index in [4.69, 9.17) is 0 Å². The fourth-order valence-electron chi connectivity index (χ4n) is 2.12. The Morgan fingerprint density at radius 3 is 2.53 bits per heavy atom. The van der Waals surface area contributed by atoms with Gasteiger partial charge in [-0.15, -0.1) is 0 Å². The summed E-state index contributed by atoms with van der Waals surface area (Å²) in [4.78, 5) is -0.416. The monoisotopic (exact) mass is 307 g/mol. The van der Waals surface area contributed by atoms with Gasteiger partial charge < -0.3 is 0 Å². The third kappa shape index (κ3) is 2.80. The van der Waals surface area contributed by atoms with Crippen molar-refractivity contribution in [3.63, 3.8) is 0 Å². The molecule has 0 radical (unpaired) electrons. The fraction of sp³-hybridized carbons (Fsp3) is 0.455. The van der Waals surface area contributed by atoms with Gasteiger partial charge in [-0.1, -0.05) is 12.1 Å². The largest absolute Gasteiger partial charge is 0.246 e.